The van der Waals surface area contributed by atoms with Crippen molar-refractivity contribution in [3.8, 4) is 5.75 Å². The van der Waals surface area contributed by atoms with E-state index in [1.165, 1.54) is 25.0 Å². The number of aromatic nitrogens is 1. The number of nitrogens with one attached hydrogen (secondary N) is 1. The number of benzene rings is 3. The standard InChI is InChI=1S/C31H34FN3O2/c1-37-26-14-8-23(9-15-26)21-35-22-29(27-6-2-3-7-30(27)35)28(24-10-12-25(32)13-11-24)20-31(36)33-16-19-34-17-4-5-18-34/h2-3,6-15,22,28H,4-5,16-21H2,1H3,(H,33,36)/t28-/m0/s1. The molecule has 0 radical (unpaired) electrons. The summed E-state index contributed by atoms with van der Waals surface area (Å²) in [5.74, 6) is 0.378. The topological polar surface area (TPSA) is 46.5 Å². The van der Waals surface area contributed by atoms with Gasteiger partial charge < -0.3 is 19.5 Å². The molecule has 2 heterocycles. The molecule has 1 aliphatic heterocycles. The normalized spacial score (nSPS) is 14.6. The largest absolute Gasteiger partial charge is 0.497 e. The van der Waals surface area contributed by atoms with Crippen molar-refractivity contribution < 1.29 is 13.9 Å². The molecule has 0 bridgehead atoms. The minimum Gasteiger partial charge on any atom is -0.497 e. The van der Waals surface area contributed by atoms with E-state index in [1.54, 1.807) is 19.2 Å². The van der Waals surface area contributed by atoms with Crippen LogP contribution in [0.3, 0.4) is 0 Å². The first-order valence-corrected chi connectivity index (χ1v) is 13.1. The van der Waals surface area contributed by atoms with Crippen molar-refractivity contribution in [3.63, 3.8) is 0 Å². The quantitative estimate of drug-likeness (QED) is 0.310. The minimum absolute atomic E-state index is 0.0144. The van der Waals surface area contributed by atoms with Crippen LogP contribution in [-0.2, 0) is 11.3 Å². The van der Waals surface area contributed by atoms with Gasteiger partial charge in [-0.3, -0.25) is 4.79 Å². The van der Waals surface area contributed by atoms with Gasteiger partial charge in [0.25, 0.3) is 0 Å². The van der Waals surface area contributed by atoms with Crippen molar-refractivity contribution in [3.05, 3.63) is 102 Å². The number of fused-ring (bicyclic) bond motifs is 1. The number of carbonyl (C=O) groups is 1. The molecule has 4 aromatic rings. The molecular weight excluding hydrogens is 465 g/mol. The summed E-state index contributed by atoms with van der Waals surface area (Å²) in [5.41, 5.74) is 4.27. The molecule has 1 aromatic heterocycles. The summed E-state index contributed by atoms with van der Waals surface area (Å²) in [4.78, 5) is 15.5. The fraction of sp³-hybridized carbons (Fsp3) is 0.323. The van der Waals surface area contributed by atoms with Gasteiger partial charge in [-0.05, 0) is 73.0 Å². The van der Waals surface area contributed by atoms with Gasteiger partial charge in [-0.2, -0.15) is 0 Å². The Balaban J connectivity index is 1.43. The Morgan fingerprint density at radius 1 is 1.00 bits per heavy atom. The first-order valence-electron chi connectivity index (χ1n) is 13.1. The Kier molecular flexibility index (Phi) is 7.85. The molecule has 5 rings (SSSR count). The second-order valence-electron chi connectivity index (χ2n) is 9.78. The first kappa shape index (κ1) is 25.0. The highest BCUT2D eigenvalue weighted by atomic mass is 19.1. The number of halogens is 1. The summed E-state index contributed by atoms with van der Waals surface area (Å²) >= 11 is 0. The maximum atomic E-state index is 13.8. The molecular formula is C31H34FN3O2. The summed E-state index contributed by atoms with van der Waals surface area (Å²) in [6, 6.07) is 22.9. The summed E-state index contributed by atoms with van der Waals surface area (Å²) in [7, 11) is 1.67. The number of methoxy groups -OCH3 is 1. The highest BCUT2D eigenvalue weighted by Crippen LogP contribution is 2.35. The number of ether oxygens (including phenoxy) is 1. The number of hydrogen-bond acceptors (Lipinski definition) is 3. The Bertz CT molecular complexity index is 1330. The van der Waals surface area contributed by atoms with Gasteiger partial charge in [0.05, 0.1) is 7.11 Å². The lowest BCUT2D eigenvalue weighted by atomic mass is 9.88. The number of rotatable bonds is 10. The lowest BCUT2D eigenvalue weighted by Gasteiger charge is -2.19. The number of nitrogens with zero attached hydrogens (tertiary/aromatic N) is 2. The van der Waals surface area contributed by atoms with E-state index >= 15 is 0 Å². The van der Waals surface area contributed by atoms with Gasteiger partial charge >= 0.3 is 0 Å². The van der Waals surface area contributed by atoms with Crippen LogP contribution in [0.2, 0.25) is 0 Å². The number of hydrogen-bond donors (Lipinski definition) is 1. The maximum absolute atomic E-state index is 13.8. The minimum atomic E-state index is -0.278. The van der Waals surface area contributed by atoms with Crippen molar-refractivity contribution in [1.29, 1.82) is 0 Å². The predicted octanol–water partition coefficient (Wildman–Crippen LogP) is 5.57. The van der Waals surface area contributed by atoms with Crippen LogP contribution < -0.4 is 10.1 Å². The molecule has 0 spiro atoms. The van der Waals surface area contributed by atoms with Crippen molar-refractivity contribution >= 4 is 16.8 Å². The van der Waals surface area contributed by atoms with Gasteiger partial charge in [-0.1, -0.05) is 42.5 Å². The average Bonchev–Trinajstić information content (AvgIpc) is 3.57. The monoisotopic (exact) mass is 499 g/mol. The fourth-order valence-electron chi connectivity index (χ4n) is 5.33. The molecule has 5 nitrogen and oxygen atoms in total. The summed E-state index contributed by atoms with van der Waals surface area (Å²) in [6.45, 7) is 4.45. The molecule has 1 aliphatic rings. The maximum Gasteiger partial charge on any atom is 0.220 e. The Morgan fingerprint density at radius 3 is 2.46 bits per heavy atom. The van der Waals surface area contributed by atoms with E-state index < -0.39 is 0 Å². The van der Waals surface area contributed by atoms with E-state index in [0.717, 1.165) is 53.0 Å². The second kappa shape index (κ2) is 11.6. The van der Waals surface area contributed by atoms with Crippen LogP contribution in [0.5, 0.6) is 5.75 Å². The van der Waals surface area contributed by atoms with Crippen LogP contribution in [0.25, 0.3) is 10.9 Å². The highest BCUT2D eigenvalue weighted by molar-refractivity contribution is 5.86. The Morgan fingerprint density at radius 2 is 1.73 bits per heavy atom. The number of likely N-dealkylation sites (tertiary alicyclic amines) is 1. The molecule has 3 aromatic carbocycles. The number of para-hydroxylation sites is 1. The first-order chi connectivity index (χ1) is 18.1. The smallest absolute Gasteiger partial charge is 0.220 e. The van der Waals surface area contributed by atoms with Crippen molar-refractivity contribution in [1.82, 2.24) is 14.8 Å². The van der Waals surface area contributed by atoms with Crippen LogP contribution in [0, 0.1) is 5.82 Å². The highest BCUT2D eigenvalue weighted by Gasteiger charge is 2.23. The summed E-state index contributed by atoms with van der Waals surface area (Å²) < 4.78 is 21.3. The molecule has 0 aliphatic carbocycles. The van der Waals surface area contributed by atoms with Crippen molar-refractivity contribution in [2.75, 3.05) is 33.3 Å². The molecule has 1 saturated heterocycles. The Labute approximate surface area is 217 Å². The predicted molar refractivity (Wildman–Crippen MR) is 146 cm³/mol. The average molecular weight is 500 g/mol. The molecule has 1 N–H and O–H groups in total. The van der Waals surface area contributed by atoms with Crippen LogP contribution in [0.15, 0.2) is 79.0 Å². The molecule has 37 heavy (non-hydrogen) atoms. The van der Waals surface area contributed by atoms with E-state index in [-0.39, 0.29) is 17.6 Å². The third-order valence-electron chi connectivity index (χ3n) is 7.32. The molecule has 1 amide bonds. The molecule has 192 valence electrons. The lowest BCUT2D eigenvalue weighted by molar-refractivity contribution is -0.121. The van der Waals surface area contributed by atoms with Gasteiger partial charge in [0, 0.05) is 49.1 Å². The molecule has 1 atom stereocenters. The third kappa shape index (κ3) is 6.03. The zero-order valence-corrected chi connectivity index (χ0v) is 21.3. The van der Waals surface area contributed by atoms with Crippen molar-refractivity contribution in [2.24, 2.45) is 0 Å². The van der Waals surface area contributed by atoms with Gasteiger partial charge in [-0.25, -0.2) is 4.39 Å². The number of carbonyl (C=O) groups excluding carboxylic acids is 1. The number of amides is 1. The van der Waals surface area contributed by atoms with Gasteiger partial charge in [0.2, 0.25) is 5.91 Å². The molecule has 6 heteroatoms. The van der Waals surface area contributed by atoms with Gasteiger partial charge in [0.15, 0.2) is 0 Å². The zero-order valence-electron chi connectivity index (χ0n) is 21.3. The Hall–Kier alpha value is -3.64. The van der Waals surface area contributed by atoms with Gasteiger partial charge in [0.1, 0.15) is 11.6 Å². The van der Waals surface area contributed by atoms with E-state index in [4.69, 9.17) is 4.74 Å². The van der Waals surface area contributed by atoms with Crippen molar-refractivity contribution in [2.45, 2.75) is 31.7 Å². The zero-order chi connectivity index (χ0) is 25.6. The molecule has 0 unspecified atom stereocenters. The van der Waals surface area contributed by atoms with Crippen LogP contribution in [-0.4, -0.2) is 48.7 Å². The molecule has 1 fully saturated rings. The van der Waals surface area contributed by atoms with Crippen LogP contribution >= 0.6 is 0 Å². The second-order valence-corrected chi connectivity index (χ2v) is 9.78. The SMILES string of the molecule is COc1ccc(Cn2cc([C@@H](CC(=O)NCCN3CCCC3)c3ccc(F)cc3)c3ccccc32)cc1. The van der Waals surface area contributed by atoms with E-state index in [0.29, 0.717) is 19.5 Å². The van der Waals surface area contributed by atoms with E-state index in [1.807, 2.05) is 24.3 Å². The third-order valence-corrected chi connectivity index (χ3v) is 7.32. The van der Waals surface area contributed by atoms with Gasteiger partial charge in [-0.15, -0.1) is 0 Å². The summed E-state index contributed by atoms with van der Waals surface area (Å²) in [5, 5.41) is 4.23. The van der Waals surface area contributed by atoms with E-state index in [2.05, 4.69) is 45.2 Å². The van der Waals surface area contributed by atoms with Crippen LogP contribution in [0.4, 0.5) is 4.39 Å². The lowest BCUT2D eigenvalue weighted by Crippen LogP contribution is -2.34. The summed E-state index contributed by atoms with van der Waals surface area (Å²) in [6.07, 6.45) is 4.94. The molecule has 0 saturated carbocycles. The van der Waals surface area contributed by atoms with Crippen LogP contribution in [0.1, 0.15) is 41.9 Å². The van der Waals surface area contributed by atoms with E-state index in [9.17, 15) is 9.18 Å². The fourth-order valence-corrected chi connectivity index (χ4v) is 5.33.